The number of aliphatic hydroxyl groups is 1. The third-order valence-electron chi connectivity index (χ3n) is 4.82. The number of nitrogens with zero attached hydrogens (tertiary/aromatic N) is 1. The number of aliphatic hydroxyl groups excluding tert-OH is 1. The Hall–Kier alpha value is -1.00. The highest BCUT2D eigenvalue weighted by atomic mass is 19.2. The molecule has 0 heterocycles. The lowest BCUT2D eigenvalue weighted by Gasteiger charge is -2.35. The molecule has 1 fully saturated rings. The van der Waals surface area contributed by atoms with Crippen LogP contribution >= 0.6 is 0 Å². The zero-order valence-electron chi connectivity index (χ0n) is 12.9. The molecule has 0 aromatic heterocycles. The second-order valence-electron chi connectivity index (χ2n) is 6.18. The van der Waals surface area contributed by atoms with Gasteiger partial charge in [-0.15, -0.1) is 0 Å². The predicted molar refractivity (Wildman–Crippen MR) is 80.0 cm³/mol. The molecule has 1 unspecified atom stereocenters. The third kappa shape index (κ3) is 4.01. The molecule has 1 saturated carbocycles. The van der Waals surface area contributed by atoms with Crippen LogP contribution in [0.2, 0.25) is 0 Å². The van der Waals surface area contributed by atoms with Gasteiger partial charge in [0.25, 0.3) is 0 Å². The van der Waals surface area contributed by atoms with Crippen LogP contribution in [-0.2, 0) is 0 Å². The van der Waals surface area contributed by atoms with Crippen molar-refractivity contribution in [2.24, 2.45) is 5.92 Å². The molecular formula is C17H25F2NO. The fraction of sp³-hybridized carbons (Fsp3) is 0.647. The number of hydrogen-bond acceptors (Lipinski definition) is 2. The summed E-state index contributed by atoms with van der Waals surface area (Å²) in [7, 11) is 1.96. The Morgan fingerprint density at radius 3 is 2.52 bits per heavy atom. The quantitative estimate of drug-likeness (QED) is 0.891. The van der Waals surface area contributed by atoms with Crippen LogP contribution in [0.1, 0.15) is 50.7 Å². The zero-order valence-corrected chi connectivity index (χ0v) is 12.9. The van der Waals surface area contributed by atoms with E-state index in [9.17, 15) is 13.9 Å². The molecule has 1 aromatic rings. The Morgan fingerprint density at radius 2 is 1.90 bits per heavy atom. The lowest BCUT2D eigenvalue weighted by atomic mass is 9.84. The van der Waals surface area contributed by atoms with Gasteiger partial charge in [0.15, 0.2) is 11.6 Å². The molecule has 1 aliphatic rings. The highest BCUT2D eigenvalue weighted by molar-refractivity contribution is 5.21. The summed E-state index contributed by atoms with van der Waals surface area (Å²) < 4.78 is 26.9. The fourth-order valence-electron chi connectivity index (χ4n) is 3.29. The van der Waals surface area contributed by atoms with E-state index in [2.05, 4.69) is 11.8 Å². The average Bonchev–Trinajstić information content (AvgIpc) is 2.50. The Morgan fingerprint density at radius 1 is 1.24 bits per heavy atom. The van der Waals surface area contributed by atoms with Gasteiger partial charge in [-0.25, -0.2) is 8.78 Å². The maximum absolute atomic E-state index is 13.7. The van der Waals surface area contributed by atoms with Crippen LogP contribution in [0.5, 0.6) is 0 Å². The average molecular weight is 297 g/mol. The van der Waals surface area contributed by atoms with Gasteiger partial charge < -0.3 is 10.0 Å². The third-order valence-corrected chi connectivity index (χ3v) is 4.82. The van der Waals surface area contributed by atoms with Gasteiger partial charge in [-0.2, -0.15) is 0 Å². The van der Waals surface area contributed by atoms with Gasteiger partial charge in [-0.05, 0) is 44.7 Å². The van der Waals surface area contributed by atoms with E-state index in [1.165, 1.54) is 31.4 Å². The van der Waals surface area contributed by atoms with E-state index < -0.39 is 17.7 Å². The molecule has 2 rings (SSSR count). The molecule has 1 N–H and O–H groups in total. The number of likely N-dealkylation sites (N-methyl/N-ethyl adjacent to an activating group) is 1. The summed E-state index contributed by atoms with van der Waals surface area (Å²) in [6.07, 6.45) is 4.91. The lowest BCUT2D eigenvalue weighted by molar-refractivity contribution is 0.0815. The predicted octanol–water partition coefficient (Wildman–Crippen LogP) is 3.90. The molecule has 1 aliphatic carbocycles. The van der Waals surface area contributed by atoms with Gasteiger partial charge in [0.2, 0.25) is 0 Å². The maximum atomic E-state index is 13.7. The van der Waals surface area contributed by atoms with E-state index >= 15 is 0 Å². The van der Waals surface area contributed by atoms with Crippen LogP contribution in [0.25, 0.3) is 0 Å². The van der Waals surface area contributed by atoms with Crippen molar-refractivity contribution >= 4 is 0 Å². The van der Waals surface area contributed by atoms with Gasteiger partial charge in [0.05, 0.1) is 6.10 Å². The van der Waals surface area contributed by atoms with Crippen molar-refractivity contribution in [2.75, 3.05) is 13.6 Å². The maximum Gasteiger partial charge on any atom is 0.164 e. The van der Waals surface area contributed by atoms with Crippen LogP contribution in [0.3, 0.4) is 0 Å². The minimum Gasteiger partial charge on any atom is -0.387 e. The van der Waals surface area contributed by atoms with Crippen molar-refractivity contribution in [1.29, 1.82) is 0 Å². The van der Waals surface area contributed by atoms with E-state index in [1.54, 1.807) is 0 Å². The molecule has 0 aliphatic heterocycles. The van der Waals surface area contributed by atoms with E-state index in [1.807, 2.05) is 7.05 Å². The SMILES string of the molecule is CCC1CCC(N(C)CC(O)c2cccc(F)c2F)CC1. The minimum atomic E-state index is -0.991. The largest absolute Gasteiger partial charge is 0.387 e. The van der Waals surface area contributed by atoms with Crippen LogP contribution in [-0.4, -0.2) is 29.6 Å². The molecule has 1 aromatic carbocycles. The van der Waals surface area contributed by atoms with Crippen molar-refractivity contribution in [2.45, 2.75) is 51.2 Å². The number of halogens is 2. The molecule has 0 bridgehead atoms. The molecule has 0 amide bonds. The summed E-state index contributed by atoms with van der Waals surface area (Å²) in [5, 5.41) is 10.2. The van der Waals surface area contributed by atoms with Gasteiger partial charge in [0.1, 0.15) is 0 Å². The summed E-state index contributed by atoms with van der Waals surface area (Å²) in [6.45, 7) is 2.56. The molecule has 21 heavy (non-hydrogen) atoms. The van der Waals surface area contributed by atoms with Crippen molar-refractivity contribution in [3.63, 3.8) is 0 Å². The highest BCUT2D eigenvalue weighted by Crippen LogP contribution is 2.30. The molecule has 4 heteroatoms. The van der Waals surface area contributed by atoms with Gasteiger partial charge in [-0.3, -0.25) is 0 Å². The highest BCUT2D eigenvalue weighted by Gasteiger charge is 2.25. The first-order chi connectivity index (χ1) is 10.0. The molecule has 0 radical (unpaired) electrons. The molecule has 2 nitrogen and oxygen atoms in total. The zero-order chi connectivity index (χ0) is 15.4. The molecule has 0 saturated heterocycles. The second kappa shape index (κ2) is 7.32. The first kappa shape index (κ1) is 16.4. The Balaban J connectivity index is 1.93. The Bertz CT molecular complexity index is 458. The number of benzene rings is 1. The lowest BCUT2D eigenvalue weighted by Crippen LogP contribution is -2.37. The first-order valence-electron chi connectivity index (χ1n) is 7.85. The van der Waals surface area contributed by atoms with Gasteiger partial charge in [0, 0.05) is 18.2 Å². The Labute approximate surface area is 125 Å². The molecule has 1 atom stereocenters. The Kier molecular flexibility index (Phi) is 5.71. The first-order valence-corrected chi connectivity index (χ1v) is 7.85. The summed E-state index contributed by atoms with van der Waals surface area (Å²) in [6, 6.07) is 4.38. The van der Waals surface area contributed by atoms with Gasteiger partial charge in [-0.1, -0.05) is 25.5 Å². The molecule has 118 valence electrons. The van der Waals surface area contributed by atoms with Crippen LogP contribution in [0, 0.1) is 17.6 Å². The summed E-state index contributed by atoms with van der Waals surface area (Å²) in [5.41, 5.74) is 0.0455. The van der Waals surface area contributed by atoms with E-state index in [0.29, 0.717) is 12.6 Å². The molecular weight excluding hydrogens is 272 g/mol. The standard InChI is InChI=1S/C17H25F2NO/c1-3-12-7-9-13(10-8-12)20(2)11-16(21)14-5-4-6-15(18)17(14)19/h4-6,12-13,16,21H,3,7-11H2,1-2H3. The van der Waals surface area contributed by atoms with E-state index in [0.717, 1.165) is 24.8 Å². The topological polar surface area (TPSA) is 23.5 Å². The summed E-state index contributed by atoms with van der Waals surface area (Å²) in [4.78, 5) is 2.08. The van der Waals surface area contributed by atoms with Gasteiger partial charge >= 0.3 is 0 Å². The van der Waals surface area contributed by atoms with E-state index in [-0.39, 0.29) is 5.56 Å². The normalized spacial score (nSPS) is 24.3. The van der Waals surface area contributed by atoms with Crippen LogP contribution in [0.15, 0.2) is 18.2 Å². The monoisotopic (exact) mass is 297 g/mol. The van der Waals surface area contributed by atoms with E-state index in [4.69, 9.17) is 0 Å². The summed E-state index contributed by atoms with van der Waals surface area (Å²) in [5.74, 6) is -1.02. The van der Waals surface area contributed by atoms with Crippen molar-refractivity contribution in [3.8, 4) is 0 Å². The van der Waals surface area contributed by atoms with Crippen molar-refractivity contribution in [1.82, 2.24) is 4.90 Å². The smallest absolute Gasteiger partial charge is 0.164 e. The van der Waals surface area contributed by atoms with Crippen LogP contribution in [0.4, 0.5) is 8.78 Å². The number of rotatable bonds is 5. The minimum absolute atomic E-state index is 0.0455. The molecule has 0 spiro atoms. The number of hydrogen-bond donors (Lipinski definition) is 1. The second-order valence-corrected chi connectivity index (χ2v) is 6.18. The van der Waals surface area contributed by atoms with Crippen molar-refractivity contribution < 1.29 is 13.9 Å². The van der Waals surface area contributed by atoms with Crippen LogP contribution < -0.4 is 0 Å². The summed E-state index contributed by atoms with van der Waals surface area (Å²) >= 11 is 0. The van der Waals surface area contributed by atoms with Crippen molar-refractivity contribution in [3.05, 3.63) is 35.4 Å². The fourth-order valence-corrected chi connectivity index (χ4v) is 3.29.